The Bertz CT molecular complexity index is 345. The molecule has 1 aromatic carbocycles. The van der Waals surface area contributed by atoms with Crippen molar-refractivity contribution in [3.63, 3.8) is 0 Å². The highest BCUT2D eigenvalue weighted by atomic mass is 32.1. The first kappa shape index (κ1) is 9.74. The van der Waals surface area contributed by atoms with Crippen LogP contribution in [0, 0.1) is 0 Å². The third-order valence-electron chi connectivity index (χ3n) is 1.56. The van der Waals surface area contributed by atoms with Crippen LogP contribution in [0.1, 0.15) is 0 Å². The molecule has 0 fully saturated rings. The van der Waals surface area contributed by atoms with Crippen molar-refractivity contribution in [3.05, 3.63) is 43.1 Å². The standard InChI is InChI=1S/C10H12N2S/c1-3-7(2)12-9-5-4-8(11)6-10(9)13/h3-6,12-13H,1-2,11H2. The van der Waals surface area contributed by atoms with Crippen LogP contribution in [0.15, 0.2) is 48.0 Å². The number of nitrogens with two attached hydrogens (primary N) is 1. The van der Waals surface area contributed by atoms with E-state index in [9.17, 15) is 0 Å². The quantitative estimate of drug-likeness (QED) is 0.391. The van der Waals surface area contributed by atoms with Gasteiger partial charge < -0.3 is 11.1 Å². The minimum absolute atomic E-state index is 0.694. The van der Waals surface area contributed by atoms with Gasteiger partial charge in [-0.3, -0.25) is 0 Å². The van der Waals surface area contributed by atoms with Crippen LogP contribution in [0.4, 0.5) is 11.4 Å². The summed E-state index contributed by atoms with van der Waals surface area (Å²) in [4.78, 5) is 0.794. The molecule has 3 N–H and O–H groups in total. The van der Waals surface area contributed by atoms with Crippen molar-refractivity contribution in [2.24, 2.45) is 0 Å². The molecule has 0 saturated heterocycles. The van der Waals surface area contributed by atoms with Gasteiger partial charge in [-0.25, -0.2) is 0 Å². The number of nitrogens with one attached hydrogen (secondary N) is 1. The van der Waals surface area contributed by atoms with Crippen LogP contribution in [0.5, 0.6) is 0 Å². The molecule has 2 nitrogen and oxygen atoms in total. The van der Waals surface area contributed by atoms with Crippen molar-refractivity contribution in [2.45, 2.75) is 4.90 Å². The number of thiol groups is 1. The minimum atomic E-state index is 0.694. The van der Waals surface area contributed by atoms with Gasteiger partial charge in [0.1, 0.15) is 0 Å². The molecule has 0 amide bonds. The van der Waals surface area contributed by atoms with Crippen molar-refractivity contribution in [1.82, 2.24) is 0 Å². The monoisotopic (exact) mass is 192 g/mol. The highest BCUT2D eigenvalue weighted by Gasteiger charge is 1.98. The molecule has 0 spiro atoms. The molecule has 0 unspecified atom stereocenters. The maximum Gasteiger partial charge on any atom is 0.0521 e. The third kappa shape index (κ3) is 2.56. The molecule has 0 saturated carbocycles. The van der Waals surface area contributed by atoms with Gasteiger partial charge in [-0.2, -0.15) is 0 Å². The van der Waals surface area contributed by atoms with E-state index in [1.165, 1.54) is 0 Å². The summed E-state index contributed by atoms with van der Waals surface area (Å²) in [6.45, 7) is 7.33. The maximum absolute atomic E-state index is 5.57. The predicted octanol–water partition coefficient (Wildman–Crippen LogP) is 2.67. The Labute approximate surface area is 83.6 Å². The Morgan fingerprint density at radius 1 is 1.54 bits per heavy atom. The normalized spacial score (nSPS) is 9.31. The molecule has 0 heterocycles. The number of allylic oxidation sites excluding steroid dienone is 1. The summed E-state index contributed by atoms with van der Waals surface area (Å²) in [5.74, 6) is 0. The number of benzene rings is 1. The second-order valence-corrected chi connectivity index (χ2v) is 3.11. The summed E-state index contributed by atoms with van der Waals surface area (Å²) in [5.41, 5.74) is 7.88. The van der Waals surface area contributed by atoms with Crippen LogP contribution < -0.4 is 11.1 Å². The van der Waals surface area contributed by atoms with E-state index in [1.807, 2.05) is 6.07 Å². The summed E-state index contributed by atoms with van der Waals surface area (Å²) in [7, 11) is 0. The molecule has 68 valence electrons. The van der Waals surface area contributed by atoms with Gasteiger partial charge in [0.2, 0.25) is 0 Å². The van der Waals surface area contributed by atoms with Gasteiger partial charge in [-0.15, -0.1) is 12.6 Å². The van der Waals surface area contributed by atoms with Crippen LogP contribution >= 0.6 is 12.6 Å². The maximum atomic E-state index is 5.57. The topological polar surface area (TPSA) is 38.0 Å². The van der Waals surface area contributed by atoms with Crippen molar-refractivity contribution in [1.29, 1.82) is 0 Å². The van der Waals surface area contributed by atoms with E-state index >= 15 is 0 Å². The fourth-order valence-corrected chi connectivity index (χ4v) is 1.16. The third-order valence-corrected chi connectivity index (χ3v) is 1.93. The smallest absolute Gasteiger partial charge is 0.0521 e. The van der Waals surface area contributed by atoms with Gasteiger partial charge in [0.05, 0.1) is 5.69 Å². The summed E-state index contributed by atoms with van der Waals surface area (Å²) < 4.78 is 0. The van der Waals surface area contributed by atoms with E-state index in [-0.39, 0.29) is 0 Å². The zero-order chi connectivity index (χ0) is 9.84. The lowest BCUT2D eigenvalue weighted by Crippen LogP contribution is -1.96. The molecule has 3 heteroatoms. The summed E-state index contributed by atoms with van der Waals surface area (Å²) >= 11 is 4.26. The fourth-order valence-electron chi connectivity index (χ4n) is 0.878. The molecule has 13 heavy (non-hydrogen) atoms. The van der Waals surface area contributed by atoms with Crippen molar-refractivity contribution in [3.8, 4) is 0 Å². The van der Waals surface area contributed by atoms with Gasteiger partial charge in [-0.05, 0) is 24.3 Å². The van der Waals surface area contributed by atoms with Gasteiger partial charge in [-0.1, -0.05) is 13.2 Å². The Morgan fingerprint density at radius 3 is 2.77 bits per heavy atom. The average molecular weight is 192 g/mol. The zero-order valence-electron chi connectivity index (χ0n) is 7.25. The Morgan fingerprint density at radius 2 is 2.23 bits per heavy atom. The van der Waals surface area contributed by atoms with Crippen molar-refractivity contribution >= 4 is 24.0 Å². The van der Waals surface area contributed by atoms with E-state index < -0.39 is 0 Å². The number of rotatable bonds is 3. The summed E-state index contributed by atoms with van der Waals surface area (Å²) in [5, 5.41) is 3.04. The predicted molar refractivity (Wildman–Crippen MR) is 61.1 cm³/mol. The van der Waals surface area contributed by atoms with Crippen LogP contribution in [0.2, 0.25) is 0 Å². The Balaban J connectivity index is 2.89. The zero-order valence-corrected chi connectivity index (χ0v) is 8.14. The van der Waals surface area contributed by atoms with E-state index in [2.05, 4.69) is 31.1 Å². The summed E-state index contributed by atoms with van der Waals surface area (Å²) in [6, 6.07) is 5.44. The van der Waals surface area contributed by atoms with Crippen molar-refractivity contribution in [2.75, 3.05) is 11.1 Å². The van der Waals surface area contributed by atoms with E-state index in [1.54, 1.807) is 18.2 Å². The van der Waals surface area contributed by atoms with Gasteiger partial charge in [0, 0.05) is 16.3 Å². The van der Waals surface area contributed by atoms with Gasteiger partial charge in [0.15, 0.2) is 0 Å². The van der Waals surface area contributed by atoms with Gasteiger partial charge in [0.25, 0.3) is 0 Å². The largest absolute Gasteiger partial charge is 0.399 e. The summed E-state index contributed by atoms with van der Waals surface area (Å²) in [6.07, 6.45) is 1.64. The lowest BCUT2D eigenvalue weighted by Gasteiger charge is -2.08. The molecule has 0 aliphatic rings. The number of nitrogen functional groups attached to an aromatic ring is 1. The molecular formula is C10H12N2S. The molecule has 0 aliphatic carbocycles. The lowest BCUT2D eigenvalue weighted by molar-refractivity contribution is 1.39. The number of hydrogen-bond acceptors (Lipinski definition) is 3. The Kier molecular flexibility index (Phi) is 3.03. The average Bonchev–Trinajstić information content (AvgIpc) is 2.09. The second kappa shape index (κ2) is 4.05. The Hall–Kier alpha value is -1.35. The molecule has 0 aliphatic heterocycles. The van der Waals surface area contributed by atoms with E-state index in [0.717, 1.165) is 16.3 Å². The molecule has 1 rings (SSSR count). The van der Waals surface area contributed by atoms with Crippen LogP contribution in [0.3, 0.4) is 0 Å². The number of hydrogen-bond donors (Lipinski definition) is 3. The SMILES string of the molecule is C=CC(=C)Nc1ccc(N)cc1S. The highest BCUT2D eigenvalue weighted by Crippen LogP contribution is 2.23. The molecular weight excluding hydrogens is 180 g/mol. The van der Waals surface area contributed by atoms with Crippen LogP contribution in [0.25, 0.3) is 0 Å². The van der Waals surface area contributed by atoms with Crippen LogP contribution in [-0.2, 0) is 0 Å². The first-order valence-electron chi connectivity index (χ1n) is 3.80. The first-order valence-corrected chi connectivity index (χ1v) is 4.25. The number of anilines is 2. The first-order chi connectivity index (χ1) is 6.13. The van der Waals surface area contributed by atoms with E-state index in [0.29, 0.717) is 5.69 Å². The molecule has 0 radical (unpaired) electrons. The van der Waals surface area contributed by atoms with Crippen LogP contribution in [-0.4, -0.2) is 0 Å². The van der Waals surface area contributed by atoms with Crippen molar-refractivity contribution < 1.29 is 0 Å². The molecule has 0 atom stereocenters. The van der Waals surface area contributed by atoms with E-state index in [4.69, 9.17) is 5.73 Å². The highest BCUT2D eigenvalue weighted by molar-refractivity contribution is 7.80. The second-order valence-electron chi connectivity index (χ2n) is 2.63. The lowest BCUT2D eigenvalue weighted by atomic mass is 10.2. The fraction of sp³-hybridized carbons (Fsp3) is 0. The van der Waals surface area contributed by atoms with Gasteiger partial charge >= 0.3 is 0 Å². The molecule has 0 aromatic heterocycles. The molecule has 0 bridgehead atoms. The molecule has 1 aromatic rings. The minimum Gasteiger partial charge on any atom is -0.399 e.